The van der Waals surface area contributed by atoms with Crippen molar-refractivity contribution in [1.82, 2.24) is 10.6 Å². The molecule has 1 aromatic carbocycles. The molecule has 1 aromatic rings. The van der Waals surface area contributed by atoms with Gasteiger partial charge in [0.25, 0.3) is 0 Å². The van der Waals surface area contributed by atoms with Crippen LogP contribution in [0.15, 0.2) is 42.5 Å². The highest BCUT2D eigenvalue weighted by molar-refractivity contribution is 8.00. The highest BCUT2D eigenvalue weighted by Crippen LogP contribution is 2.13. The first-order chi connectivity index (χ1) is 9.54. The van der Waals surface area contributed by atoms with Gasteiger partial charge in [0.15, 0.2) is 0 Å². The molecule has 0 saturated heterocycles. The molecule has 20 heavy (non-hydrogen) atoms. The number of rotatable bonds is 7. The maximum Gasteiger partial charge on any atom is 0.246 e. The van der Waals surface area contributed by atoms with E-state index in [9.17, 15) is 9.59 Å². The van der Waals surface area contributed by atoms with Crippen molar-refractivity contribution in [3.63, 3.8) is 0 Å². The Bertz CT molecular complexity index is 474. The normalized spacial score (nSPS) is 11.5. The number of thioether (sulfide) groups is 1. The molecular formula is C15H20N2O2S. The molecule has 0 aliphatic heterocycles. The van der Waals surface area contributed by atoms with Gasteiger partial charge in [-0.2, -0.15) is 0 Å². The summed E-state index contributed by atoms with van der Waals surface area (Å²) in [5.41, 5.74) is 1.79. The predicted octanol–water partition coefficient (Wildman–Crippen LogP) is 1.90. The van der Waals surface area contributed by atoms with Gasteiger partial charge in [0.05, 0.1) is 5.75 Å². The zero-order valence-corrected chi connectivity index (χ0v) is 12.6. The average Bonchev–Trinajstić information content (AvgIpc) is 2.44. The Hall–Kier alpha value is -1.75. The highest BCUT2D eigenvalue weighted by atomic mass is 32.2. The minimum atomic E-state index is -0.654. The molecule has 0 unspecified atom stereocenters. The van der Waals surface area contributed by atoms with E-state index in [1.807, 2.05) is 37.3 Å². The van der Waals surface area contributed by atoms with E-state index in [4.69, 9.17) is 0 Å². The van der Waals surface area contributed by atoms with Gasteiger partial charge in [0.2, 0.25) is 11.8 Å². The molecule has 0 aliphatic rings. The van der Waals surface area contributed by atoms with Crippen LogP contribution in [0.1, 0.15) is 18.5 Å². The number of benzene rings is 1. The lowest BCUT2D eigenvalue weighted by atomic mass is 10.1. The van der Waals surface area contributed by atoms with Crippen LogP contribution >= 0.6 is 11.8 Å². The van der Waals surface area contributed by atoms with E-state index in [1.54, 1.807) is 7.05 Å². The average molecular weight is 292 g/mol. The third-order valence-corrected chi connectivity index (χ3v) is 3.69. The fourth-order valence-corrected chi connectivity index (χ4v) is 2.33. The number of carbonyl (C=O) groups excluding carboxylic acids is 2. The summed E-state index contributed by atoms with van der Waals surface area (Å²) >= 11 is 1.48. The van der Waals surface area contributed by atoms with E-state index in [-0.39, 0.29) is 11.8 Å². The Labute approximate surface area is 124 Å². The van der Waals surface area contributed by atoms with Gasteiger partial charge in [-0.15, -0.1) is 11.8 Å². The SMILES string of the molecule is C=C(C)CSCC(=O)N[C@H](C(=O)NC)c1ccccc1. The summed E-state index contributed by atoms with van der Waals surface area (Å²) in [5.74, 6) is 0.666. The van der Waals surface area contributed by atoms with Crippen LogP contribution in [-0.4, -0.2) is 30.4 Å². The number of likely N-dealkylation sites (N-methyl/N-ethyl adjacent to an activating group) is 1. The molecule has 0 fully saturated rings. The molecule has 0 heterocycles. The second-order valence-electron chi connectivity index (χ2n) is 4.48. The summed E-state index contributed by atoms with van der Waals surface area (Å²) in [4.78, 5) is 23.8. The van der Waals surface area contributed by atoms with Crippen LogP contribution in [0.25, 0.3) is 0 Å². The van der Waals surface area contributed by atoms with Crippen molar-refractivity contribution in [2.45, 2.75) is 13.0 Å². The second-order valence-corrected chi connectivity index (χ2v) is 5.46. The Morgan fingerprint density at radius 2 is 1.90 bits per heavy atom. The molecular weight excluding hydrogens is 272 g/mol. The quantitative estimate of drug-likeness (QED) is 0.755. The highest BCUT2D eigenvalue weighted by Gasteiger charge is 2.21. The maximum absolute atomic E-state index is 11.9. The molecule has 1 rings (SSSR count). The summed E-state index contributed by atoms with van der Waals surface area (Å²) in [6.45, 7) is 5.70. The lowest BCUT2D eigenvalue weighted by Crippen LogP contribution is -2.39. The zero-order chi connectivity index (χ0) is 15.0. The predicted molar refractivity (Wildman–Crippen MR) is 83.5 cm³/mol. The van der Waals surface area contributed by atoms with Gasteiger partial charge in [-0.3, -0.25) is 9.59 Å². The lowest BCUT2D eigenvalue weighted by molar-refractivity contribution is -0.127. The van der Waals surface area contributed by atoms with Gasteiger partial charge in [0.1, 0.15) is 6.04 Å². The third-order valence-electron chi connectivity index (χ3n) is 2.53. The lowest BCUT2D eigenvalue weighted by Gasteiger charge is -2.17. The first-order valence-corrected chi connectivity index (χ1v) is 7.48. The third kappa shape index (κ3) is 5.48. The molecule has 2 N–H and O–H groups in total. The van der Waals surface area contributed by atoms with Crippen molar-refractivity contribution in [1.29, 1.82) is 0 Å². The molecule has 5 heteroatoms. The Morgan fingerprint density at radius 1 is 1.25 bits per heavy atom. The van der Waals surface area contributed by atoms with Crippen molar-refractivity contribution in [2.75, 3.05) is 18.6 Å². The Kier molecular flexibility index (Phi) is 6.87. The fraction of sp³-hybridized carbons (Fsp3) is 0.333. The summed E-state index contributed by atoms with van der Waals surface area (Å²) in [6.07, 6.45) is 0. The van der Waals surface area contributed by atoms with Gasteiger partial charge < -0.3 is 10.6 Å². The summed E-state index contributed by atoms with van der Waals surface area (Å²) < 4.78 is 0. The minimum Gasteiger partial charge on any atom is -0.357 e. The van der Waals surface area contributed by atoms with E-state index in [1.165, 1.54) is 11.8 Å². The topological polar surface area (TPSA) is 58.2 Å². The molecule has 0 aromatic heterocycles. The van der Waals surface area contributed by atoms with E-state index >= 15 is 0 Å². The Morgan fingerprint density at radius 3 is 2.45 bits per heavy atom. The zero-order valence-electron chi connectivity index (χ0n) is 11.8. The van der Waals surface area contributed by atoms with Crippen molar-refractivity contribution in [2.24, 2.45) is 0 Å². The van der Waals surface area contributed by atoms with Crippen LogP contribution in [0.4, 0.5) is 0 Å². The molecule has 2 amide bonds. The van der Waals surface area contributed by atoms with Crippen molar-refractivity contribution in [3.8, 4) is 0 Å². The van der Waals surface area contributed by atoms with Crippen LogP contribution in [0.5, 0.6) is 0 Å². The van der Waals surface area contributed by atoms with Crippen molar-refractivity contribution in [3.05, 3.63) is 48.0 Å². The van der Waals surface area contributed by atoms with Crippen LogP contribution in [0, 0.1) is 0 Å². The van der Waals surface area contributed by atoms with Crippen LogP contribution in [0.2, 0.25) is 0 Å². The van der Waals surface area contributed by atoms with E-state index in [0.717, 1.165) is 16.9 Å². The largest absolute Gasteiger partial charge is 0.357 e. The van der Waals surface area contributed by atoms with Crippen molar-refractivity contribution >= 4 is 23.6 Å². The molecule has 0 spiro atoms. The van der Waals surface area contributed by atoms with Gasteiger partial charge in [-0.1, -0.05) is 42.5 Å². The monoisotopic (exact) mass is 292 g/mol. The number of amides is 2. The second kappa shape index (κ2) is 8.43. The number of nitrogens with one attached hydrogen (secondary N) is 2. The number of carbonyl (C=O) groups is 2. The number of hydrogen-bond donors (Lipinski definition) is 2. The number of hydrogen-bond acceptors (Lipinski definition) is 3. The first-order valence-electron chi connectivity index (χ1n) is 6.32. The standard InChI is InChI=1S/C15H20N2O2S/c1-11(2)9-20-10-13(18)17-14(15(19)16-3)12-7-5-4-6-8-12/h4-8,14H,1,9-10H2,2-3H3,(H,16,19)(H,17,18)/t14-/m0/s1. The van der Waals surface area contributed by atoms with Crippen molar-refractivity contribution < 1.29 is 9.59 Å². The summed E-state index contributed by atoms with van der Waals surface area (Å²) in [5, 5.41) is 5.32. The molecule has 0 saturated carbocycles. The summed E-state index contributed by atoms with van der Waals surface area (Å²) in [6, 6.07) is 8.54. The smallest absolute Gasteiger partial charge is 0.246 e. The van der Waals surface area contributed by atoms with E-state index in [2.05, 4.69) is 17.2 Å². The van der Waals surface area contributed by atoms with E-state index in [0.29, 0.717) is 5.75 Å². The van der Waals surface area contributed by atoms with E-state index < -0.39 is 6.04 Å². The molecule has 0 bridgehead atoms. The van der Waals surface area contributed by atoms with Crippen LogP contribution in [0.3, 0.4) is 0 Å². The van der Waals surface area contributed by atoms with Gasteiger partial charge in [-0.05, 0) is 12.5 Å². The molecule has 0 aliphatic carbocycles. The van der Waals surface area contributed by atoms with Crippen LogP contribution < -0.4 is 10.6 Å². The maximum atomic E-state index is 11.9. The van der Waals surface area contributed by atoms with Gasteiger partial charge in [-0.25, -0.2) is 0 Å². The van der Waals surface area contributed by atoms with Crippen LogP contribution in [-0.2, 0) is 9.59 Å². The van der Waals surface area contributed by atoms with Gasteiger partial charge in [0, 0.05) is 12.8 Å². The molecule has 108 valence electrons. The molecule has 4 nitrogen and oxygen atoms in total. The van der Waals surface area contributed by atoms with Gasteiger partial charge >= 0.3 is 0 Å². The fourth-order valence-electron chi connectivity index (χ4n) is 1.61. The first kappa shape index (κ1) is 16.3. The summed E-state index contributed by atoms with van der Waals surface area (Å²) in [7, 11) is 1.56. The minimum absolute atomic E-state index is 0.159. The molecule has 1 atom stereocenters. The molecule has 0 radical (unpaired) electrons. The Balaban J connectivity index is 2.64.